The van der Waals surface area contributed by atoms with E-state index in [1.807, 2.05) is 4.90 Å². The predicted molar refractivity (Wildman–Crippen MR) is 90.4 cm³/mol. The Balaban J connectivity index is 1.72. The lowest BCUT2D eigenvalue weighted by Crippen LogP contribution is -2.39. The van der Waals surface area contributed by atoms with Crippen LogP contribution in [0.3, 0.4) is 0 Å². The van der Waals surface area contributed by atoms with Gasteiger partial charge >= 0.3 is 0 Å². The molecule has 3 nitrogen and oxygen atoms in total. The van der Waals surface area contributed by atoms with Crippen LogP contribution in [-0.4, -0.2) is 35.1 Å². The minimum atomic E-state index is -0.229. The molecule has 0 bridgehead atoms. The second-order valence-corrected chi connectivity index (χ2v) is 9.02. The number of carbonyl (C=O) groups excluding carboxylic acids is 1. The van der Waals surface area contributed by atoms with Crippen molar-refractivity contribution >= 4 is 17.2 Å². The Morgan fingerprint density at radius 2 is 1.95 bits per heavy atom. The summed E-state index contributed by atoms with van der Waals surface area (Å²) in [5, 5.41) is 9.58. The van der Waals surface area contributed by atoms with Gasteiger partial charge in [0, 0.05) is 18.0 Å². The smallest absolute Gasteiger partial charge is 0.263 e. The summed E-state index contributed by atoms with van der Waals surface area (Å²) in [6, 6.07) is 2.14. The second-order valence-electron chi connectivity index (χ2n) is 7.89. The van der Waals surface area contributed by atoms with Gasteiger partial charge < -0.3 is 10.0 Å². The number of thiophene rings is 1. The lowest BCUT2D eigenvalue weighted by molar-refractivity contribution is 0.0550. The van der Waals surface area contributed by atoms with Crippen LogP contribution in [0.4, 0.5) is 0 Å². The molecule has 2 heterocycles. The van der Waals surface area contributed by atoms with Crippen LogP contribution in [-0.2, 0) is 12.8 Å². The minimum Gasteiger partial charge on any atom is -0.393 e. The summed E-state index contributed by atoms with van der Waals surface area (Å²) < 4.78 is 0. The third kappa shape index (κ3) is 3.23. The van der Waals surface area contributed by atoms with Crippen molar-refractivity contribution in [2.45, 2.75) is 59.0 Å². The predicted octanol–water partition coefficient (Wildman–Crippen LogP) is 3.50. The maximum absolute atomic E-state index is 12.7. The van der Waals surface area contributed by atoms with Gasteiger partial charge in [0.2, 0.25) is 0 Å². The summed E-state index contributed by atoms with van der Waals surface area (Å²) in [5.41, 5.74) is 1.74. The van der Waals surface area contributed by atoms with Crippen LogP contribution in [0.1, 0.15) is 60.1 Å². The molecule has 1 amide bonds. The van der Waals surface area contributed by atoms with Crippen molar-refractivity contribution < 1.29 is 9.90 Å². The van der Waals surface area contributed by atoms with Gasteiger partial charge in [-0.2, -0.15) is 0 Å². The molecule has 4 heteroatoms. The fraction of sp³-hybridized carbons (Fsp3) is 0.722. The molecule has 3 rings (SSSR count). The van der Waals surface area contributed by atoms with Crippen LogP contribution < -0.4 is 0 Å². The number of aryl methyl sites for hydroxylation is 1. The Morgan fingerprint density at radius 3 is 2.59 bits per heavy atom. The Labute approximate surface area is 137 Å². The van der Waals surface area contributed by atoms with Gasteiger partial charge in [-0.15, -0.1) is 11.3 Å². The van der Waals surface area contributed by atoms with Crippen LogP contribution in [0.5, 0.6) is 0 Å². The van der Waals surface area contributed by atoms with Crippen LogP contribution in [0.15, 0.2) is 6.07 Å². The average Bonchev–Trinajstić information content (AvgIpc) is 2.89. The highest BCUT2D eigenvalue weighted by molar-refractivity contribution is 7.14. The lowest BCUT2D eigenvalue weighted by Gasteiger charge is -2.33. The molecule has 0 spiro atoms. The third-order valence-corrected chi connectivity index (χ3v) is 6.50. The number of piperidine rings is 1. The molecule has 0 saturated carbocycles. The maximum atomic E-state index is 12.7. The van der Waals surface area contributed by atoms with E-state index in [9.17, 15) is 9.90 Å². The summed E-state index contributed by atoms with van der Waals surface area (Å²) in [7, 11) is 0. The van der Waals surface area contributed by atoms with E-state index in [0.29, 0.717) is 37.3 Å². The Bertz CT molecular complexity index is 550. The van der Waals surface area contributed by atoms with E-state index in [-0.39, 0.29) is 12.0 Å². The van der Waals surface area contributed by atoms with Crippen LogP contribution in [0.2, 0.25) is 0 Å². The molecule has 1 fully saturated rings. The fourth-order valence-electron chi connectivity index (χ4n) is 3.59. The Hall–Kier alpha value is -0.870. The zero-order chi connectivity index (χ0) is 15.9. The fourth-order valence-corrected chi connectivity index (χ4v) is 4.77. The molecular weight excluding hydrogens is 294 g/mol. The quantitative estimate of drug-likeness (QED) is 0.860. The summed E-state index contributed by atoms with van der Waals surface area (Å²) in [5.74, 6) is 0.876. The monoisotopic (exact) mass is 321 g/mol. The van der Waals surface area contributed by atoms with Crippen molar-refractivity contribution in [2.24, 2.45) is 11.3 Å². The van der Waals surface area contributed by atoms with Crippen molar-refractivity contribution in [1.82, 2.24) is 4.90 Å². The molecule has 1 unspecified atom stereocenters. The van der Waals surface area contributed by atoms with Crippen molar-refractivity contribution in [1.29, 1.82) is 0 Å². The number of carbonyl (C=O) groups is 1. The van der Waals surface area contributed by atoms with E-state index in [1.54, 1.807) is 11.3 Å². The van der Waals surface area contributed by atoms with Crippen molar-refractivity contribution in [3.05, 3.63) is 21.4 Å². The molecular formula is C18H27NO2S. The first kappa shape index (κ1) is 16.0. The van der Waals surface area contributed by atoms with Gasteiger partial charge in [-0.05, 0) is 55.1 Å². The number of likely N-dealkylation sites (tertiary alicyclic amines) is 1. The number of aliphatic hydroxyl groups is 1. The SMILES string of the molecule is CC(C)(C)C1CCc2sc(C(=O)N3CCC(O)CC3)cc2C1. The number of fused-ring (bicyclic) bond motifs is 1. The van der Waals surface area contributed by atoms with Crippen LogP contribution in [0, 0.1) is 11.3 Å². The molecule has 1 aromatic rings. The third-order valence-electron chi connectivity index (χ3n) is 5.27. The van der Waals surface area contributed by atoms with Crippen LogP contribution >= 0.6 is 11.3 Å². The number of rotatable bonds is 1. The van der Waals surface area contributed by atoms with Crippen molar-refractivity contribution in [3.8, 4) is 0 Å². The standard InChI is InChI=1S/C18H27NO2S/c1-18(2,3)13-4-5-15-12(10-13)11-16(22-15)17(21)19-8-6-14(20)7-9-19/h11,13-14,20H,4-10H2,1-3H3. The van der Waals surface area contributed by atoms with Gasteiger partial charge in [0.1, 0.15) is 0 Å². The van der Waals surface area contributed by atoms with E-state index in [1.165, 1.54) is 16.9 Å². The van der Waals surface area contributed by atoms with Gasteiger partial charge in [-0.25, -0.2) is 0 Å². The highest BCUT2D eigenvalue weighted by Gasteiger charge is 2.31. The van der Waals surface area contributed by atoms with E-state index in [2.05, 4.69) is 26.8 Å². The largest absolute Gasteiger partial charge is 0.393 e. The van der Waals surface area contributed by atoms with Gasteiger partial charge in [0.05, 0.1) is 11.0 Å². The van der Waals surface area contributed by atoms with E-state index >= 15 is 0 Å². The molecule has 1 aliphatic heterocycles. The zero-order valence-corrected chi connectivity index (χ0v) is 14.7. The van der Waals surface area contributed by atoms with Gasteiger partial charge in [0.25, 0.3) is 5.91 Å². The normalized spacial score (nSPS) is 23.5. The summed E-state index contributed by atoms with van der Waals surface area (Å²) in [6.45, 7) is 8.33. The average molecular weight is 321 g/mol. The van der Waals surface area contributed by atoms with E-state index in [0.717, 1.165) is 17.7 Å². The molecule has 1 N–H and O–H groups in total. The Morgan fingerprint density at radius 1 is 1.27 bits per heavy atom. The molecule has 1 aliphatic carbocycles. The summed E-state index contributed by atoms with van der Waals surface area (Å²) >= 11 is 1.70. The minimum absolute atomic E-state index is 0.165. The summed E-state index contributed by atoms with van der Waals surface area (Å²) in [4.78, 5) is 16.9. The highest BCUT2D eigenvalue weighted by atomic mass is 32.1. The summed E-state index contributed by atoms with van der Waals surface area (Å²) in [6.07, 6.45) is 4.66. The molecule has 122 valence electrons. The van der Waals surface area contributed by atoms with Gasteiger partial charge in [-0.3, -0.25) is 4.79 Å². The maximum Gasteiger partial charge on any atom is 0.263 e. The highest BCUT2D eigenvalue weighted by Crippen LogP contribution is 2.40. The van der Waals surface area contributed by atoms with Crippen molar-refractivity contribution in [3.63, 3.8) is 0 Å². The number of aliphatic hydroxyl groups excluding tert-OH is 1. The molecule has 0 aromatic carbocycles. The first-order chi connectivity index (χ1) is 10.3. The lowest BCUT2D eigenvalue weighted by atomic mass is 9.72. The topological polar surface area (TPSA) is 40.5 Å². The molecule has 1 atom stereocenters. The van der Waals surface area contributed by atoms with E-state index in [4.69, 9.17) is 0 Å². The number of hydrogen-bond acceptors (Lipinski definition) is 3. The molecule has 1 saturated heterocycles. The number of amides is 1. The zero-order valence-electron chi connectivity index (χ0n) is 13.9. The van der Waals surface area contributed by atoms with Gasteiger partial charge in [-0.1, -0.05) is 20.8 Å². The second kappa shape index (κ2) is 5.97. The first-order valence-corrected chi connectivity index (χ1v) is 9.25. The molecule has 2 aliphatic rings. The molecule has 22 heavy (non-hydrogen) atoms. The number of nitrogens with zero attached hydrogens (tertiary/aromatic N) is 1. The van der Waals surface area contributed by atoms with Crippen molar-refractivity contribution in [2.75, 3.05) is 13.1 Å². The van der Waals surface area contributed by atoms with E-state index < -0.39 is 0 Å². The van der Waals surface area contributed by atoms with Gasteiger partial charge in [0.15, 0.2) is 0 Å². The number of hydrogen-bond donors (Lipinski definition) is 1. The van der Waals surface area contributed by atoms with Crippen LogP contribution in [0.25, 0.3) is 0 Å². The first-order valence-electron chi connectivity index (χ1n) is 8.43. The molecule has 1 aromatic heterocycles. The Kier molecular flexibility index (Phi) is 4.34. The molecule has 0 radical (unpaired) electrons.